The van der Waals surface area contributed by atoms with E-state index >= 15 is 0 Å². The molecule has 0 radical (unpaired) electrons. The second kappa shape index (κ2) is 8.90. The number of fused-ring (bicyclic) bond motifs is 1. The number of ether oxygens (including phenoxy) is 1. The average Bonchev–Trinajstić information content (AvgIpc) is 3.24. The molecule has 2 aromatic heterocycles. The fourth-order valence-electron chi connectivity index (χ4n) is 4.75. The Morgan fingerprint density at radius 3 is 2.61 bits per heavy atom. The lowest BCUT2D eigenvalue weighted by Crippen LogP contribution is -2.43. The molecule has 4 aromatic rings. The average molecular weight is 465 g/mol. The monoisotopic (exact) mass is 464 g/mol. The van der Waals surface area contributed by atoms with Crippen molar-refractivity contribution in [2.24, 2.45) is 0 Å². The zero-order valence-corrected chi connectivity index (χ0v) is 19.2. The SMILES string of the molecule is COc1cccc(Cn2cnc3c2c(=O)n(C2CCCCC2)c(=O)n3-c2ccccc2Cl)c1. The fraction of sp³-hybridized carbons (Fsp3) is 0.320. The molecule has 0 saturated heterocycles. The second-order valence-electron chi connectivity index (χ2n) is 8.43. The van der Waals surface area contributed by atoms with E-state index in [9.17, 15) is 9.59 Å². The maximum absolute atomic E-state index is 13.7. The number of imidazole rings is 1. The molecule has 0 N–H and O–H groups in total. The summed E-state index contributed by atoms with van der Waals surface area (Å²) in [4.78, 5) is 32.0. The predicted octanol–water partition coefficient (Wildman–Crippen LogP) is 4.56. The van der Waals surface area contributed by atoms with Gasteiger partial charge in [-0.1, -0.05) is 55.1 Å². The normalized spacial score (nSPS) is 14.6. The first-order chi connectivity index (χ1) is 16.1. The molecule has 2 aromatic carbocycles. The number of halogens is 1. The Kier molecular flexibility index (Phi) is 5.81. The Morgan fingerprint density at radius 1 is 1.06 bits per heavy atom. The van der Waals surface area contributed by atoms with Gasteiger partial charge in [-0.3, -0.25) is 9.36 Å². The molecule has 1 aliphatic carbocycles. The third-order valence-corrected chi connectivity index (χ3v) is 6.69. The van der Waals surface area contributed by atoms with Crippen LogP contribution in [-0.2, 0) is 6.54 Å². The van der Waals surface area contributed by atoms with E-state index in [-0.39, 0.29) is 17.3 Å². The standard InChI is InChI=1S/C25H25ClN4O3/c1-33-19-11-7-8-17(14-19)15-28-16-27-23-22(28)24(31)29(18-9-3-2-4-10-18)25(32)30(23)21-13-6-5-12-20(21)26/h5-8,11-14,16,18H,2-4,9-10,15H2,1H3. The van der Waals surface area contributed by atoms with E-state index in [1.165, 1.54) is 9.13 Å². The van der Waals surface area contributed by atoms with Crippen LogP contribution in [0.5, 0.6) is 5.75 Å². The van der Waals surface area contributed by atoms with Crippen LogP contribution in [-0.4, -0.2) is 25.8 Å². The van der Waals surface area contributed by atoms with Crippen LogP contribution in [0, 0.1) is 0 Å². The molecule has 2 heterocycles. The first kappa shape index (κ1) is 21.5. The predicted molar refractivity (Wildman–Crippen MR) is 129 cm³/mol. The van der Waals surface area contributed by atoms with Gasteiger partial charge in [-0.25, -0.2) is 14.3 Å². The van der Waals surface area contributed by atoms with Crippen LogP contribution in [0.2, 0.25) is 5.02 Å². The minimum absolute atomic E-state index is 0.128. The minimum atomic E-state index is -0.390. The zero-order valence-electron chi connectivity index (χ0n) is 18.4. The maximum atomic E-state index is 13.7. The van der Waals surface area contributed by atoms with E-state index in [2.05, 4.69) is 4.98 Å². The molecule has 1 fully saturated rings. The van der Waals surface area contributed by atoms with Gasteiger partial charge in [-0.15, -0.1) is 0 Å². The van der Waals surface area contributed by atoms with Gasteiger partial charge < -0.3 is 9.30 Å². The number of hydrogen-bond donors (Lipinski definition) is 0. The lowest BCUT2D eigenvalue weighted by molar-refractivity contribution is 0.335. The van der Waals surface area contributed by atoms with Crippen molar-refractivity contribution in [1.29, 1.82) is 0 Å². The molecule has 7 nitrogen and oxygen atoms in total. The summed E-state index contributed by atoms with van der Waals surface area (Å²) in [6.07, 6.45) is 6.37. The Hall–Kier alpha value is -3.32. The van der Waals surface area contributed by atoms with Crippen molar-refractivity contribution in [3.05, 3.63) is 86.3 Å². The zero-order chi connectivity index (χ0) is 22.9. The lowest BCUT2D eigenvalue weighted by Gasteiger charge is -2.24. The largest absolute Gasteiger partial charge is 0.497 e. The Labute approximate surface area is 195 Å². The molecular weight excluding hydrogens is 440 g/mol. The summed E-state index contributed by atoms with van der Waals surface area (Å²) < 4.78 is 10.0. The van der Waals surface area contributed by atoms with Crippen LogP contribution in [0.1, 0.15) is 43.7 Å². The van der Waals surface area contributed by atoms with E-state index in [0.717, 1.165) is 43.4 Å². The Balaban J connectivity index is 1.76. The molecule has 0 amide bonds. The van der Waals surface area contributed by atoms with Crippen molar-refractivity contribution < 1.29 is 4.74 Å². The van der Waals surface area contributed by atoms with Crippen molar-refractivity contribution in [1.82, 2.24) is 18.7 Å². The van der Waals surface area contributed by atoms with Crippen LogP contribution in [0.15, 0.2) is 64.4 Å². The number of methoxy groups -OCH3 is 1. The summed E-state index contributed by atoms with van der Waals surface area (Å²) in [6, 6.07) is 14.7. The third kappa shape index (κ3) is 3.86. The lowest BCUT2D eigenvalue weighted by atomic mass is 9.95. The van der Waals surface area contributed by atoms with Crippen LogP contribution >= 0.6 is 11.6 Å². The minimum Gasteiger partial charge on any atom is -0.497 e. The van der Waals surface area contributed by atoms with Gasteiger partial charge in [0.1, 0.15) is 5.75 Å². The van der Waals surface area contributed by atoms with Crippen molar-refractivity contribution >= 4 is 22.8 Å². The first-order valence-electron chi connectivity index (χ1n) is 11.2. The summed E-state index contributed by atoms with van der Waals surface area (Å²) >= 11 is 6.48. The van der Waals surface area contributed by atoms with E-state index in [1.54, 1.807) is 30.1 Å². The molecule has 0 bridgehead atoms. The van der Waals surface area contributed by atoms with Gasteiger partial charge in [0.05, 0.1) is 24.1 Å². The Morgan fingerprint density at radius 2 is 1.85 bits per heavy atom. The molecule has 0 aliphatic heterocycles. The Bertz CT molecular complexity index is 1430. The highest BCUT2D eigenvalue weighted by molar-refractivity contribution is 6.32. The van der Waals surface area contributed by atoms with Gasteiger partial charge in [0.2, 0.25) is 0 Å². The number of nitrogens with zero attached hydrogens (tertiary/aromatic N) is 4. The quantitative estimate of drug-likeness (QED) is 0.434. The topological polar surface area (TPSA) is 71.1 Å². The van der Waals surface area contributed by atoms with Crippen molar-refractivity contribution in [3.8, 4) is 11.4 Å². The van der Waals surface area contributed by atoms with Crippen molar-refractivity contribution in [2.75, 3.05) is 7.11 Å². The van der Waals surface area contributed by atoms with Gasteiger partial charge >= 0.3 is 5.69 Å². The molecule has 0 spiro atoms. The molecular formula is C25H25ClN4O3. The molecule has 5 rings (SSSR count). The first-order valence-corrected chi connectivity index (χ1v) is 11.6. The van der Waals surface area contributed by atoms with Crippen molar-refractivity contribution in [3.63, 3.8) is 0 Å². The number of para-hydroxylation sites is 1. The van der Waals surface area contributed by atoms with Gasteiger partial charge in [0.25, 0.3) is 5.56 Å². The van der Waals surface area contributed by atoms with Crippen LogP contribution < -0.4 is 16.0 Å². The molecule has 1 aliphatic rings. The molecule has 33 heavy (non-hydrogen) atoms. The number of benzene rings is 2. The highest BCUT2D eigenvalue weighted by atomic mass is 35.5. The molecule has 170 valence electrons. The highest BCUT2D eigenvalue weighted by Crippen LogP contribution is 2.28. The van der Waals surface area contributed by atoms with E-state index in [1.807, 2.05) is 36.4 Å². The van der Waals surface area contributed by atoms with E-state index in [0.29, 0.717) is 28.4 Å². The number of hydrogen-bond acceptors (Lipinski definition) is 4. The summed E-state index contributed by atoms with van der Waals surface area (Å²) in [6.45, 7) is 0.425. The third-order valence-electron chi connectivity index (χ3n) is 6.37. The summed E-state index contributed by atoms with van der Waals surface area (Å²) in [5.41, 5.74) is 1.50. The molecule has 8 heteroatoms. The van der Waals surface area contributed by atoms with Crippen molar-refractivity contribution in [2.45, 2.75) is 44.7 Å². The fourth-order valence-corrected chi connectivity index (χ4v) is 4.97. The summed E-state index contributed by atoms with van der Waals surface area (Å²) in [5, 5.41) is 0.428. The highest BCUT2D eigenvalue weighted by Gasteiger charge is 2.26. The van der Waals surface area contributed by atoms with E-state index < -0.39 is 0 Å². The van der Waals surface area contributed by atoms with Crippen LogP contribution in [0.3, 0.4) is 0 Å². The van der Waals surface area contributed by atoms with Gasteiger partial charge in [0.15, 0.2) is 11.2 Å². The summed E-state index contributed by atoms with van der Waals surface area (Å²) in [5.74, 6) is 0.740. The summed E-state index contributed by atoms with van der Waals surface area (Å²) in [7, 11) is 1.62. The van der Waals surface area contributed by atoms with Crippen LogP contribution in [0.4, 0.5) is 0 Å². The number of rotatable bonds is 5. The van der Waals surface area contributed by atoms with Gasteiger partial charge in [-0.2, -0.15) is 0 Å². The maximum Gasteiger partial charge on any atom is 0.337 e. The molecule has 0 atom stereocenters. The van der Waals surface area contributed by atoms with E-state index in [4.69, 9.17) is 16.3 Å². The second-order valence-corrected chi connectivity index (χ2v) is 8.84. The smallest absolute Gasteiger partial charge is 0.337 e. The van der Waals surface area contributed by atoms with Gasteiger partial charge in [0, 0.05) is 12.6 Å². The molecule has 1 saturated carbocycles. The van der Waals surface area contributed by atoms with Crippen LogP contribution in [0.25, 0.3) is 16.9 Å². The molecule has 0 unspecified atom stereocenters. The number of aromatic nitrogens is 4. The van der Waals surface area contributed by atoms with Gasteiger partial charge in [-0.05, 0) is 42.7 Å².